The highest BCUT2D eigenvalue weighted by Crippen LogP contribution is 2.27. The first-order chi connectivity index (χ1) is 10.5. The first-order valence-corrected chi connectivity index (χ1v) is 7.12. The molecule has 0 bridgehead atoms. The van der Waals surface area contributed by atoms with Gasteiger partial charge in [0.25, 0.3) is 0 Å². The van der Waals surface area contributed by atoms with Gasteiger partial charge in [0.2, 0.25) is 5.91 Å². The smallest absolute Gasteiger partial charge is 0.308 e. The van der Waals surface area contributed by atoms with E-state index in [1.807, 2.05) is 48.9 Å². The van der Waals surface area contributed by atoms with Gasteiger partial charge in [-0.2, -0.15) is 5.10 Å². The third-order valence-electron chi connectivity index (χ3n) is 3.87. The number of nitrogens with zero attached hydrogens (tertiary/aromatic N) is 3. The quantitative estimate of drug-likeness (QED) is 0.939. The van der Waals surface area contributed by atoms with Gasteiger partial charge in [-0.15, -0.1) is 0 Å². The maximum absolute atomic E-state index is 12.0. The number of hydrogen-bond acceptors (Lipinski definition) is 3. The Kier molecular flexibility index (Phi) is 3.44. The summed E-state index contributed by atoms with van der Waals surface area (Å²) in [6.45, 7) is 4.11. The monoisotopic (exact) mass is 299 g/mol. The van der Waals surface area contributed by atoms with Gasteiger partial charge < -0.3 is 10.0 Å². The van der Waals surface area contributed by atoms with Gasteiger partial charge in [0.05, 0.1) is 17.3 Å². The summed E-state index contributed by atoms with van der Waals surface area (Å²) in [7, 11) is 0. The summed E-state index contributed by atoms with van der Waals surface area (Å²) >= 11 is 0. The van der Waals surface area contributed by atoms with Crippen LogP contribution in [0.5, 0.6) is 0 Å². The van der Waals surface area contributed by atoms with Crippen LogP contribution in [0.1, 0.15) is 17.8 Å². The van der Waals surface area contributed by atoms with Crippen LogP contribution in [0.15, 0.2) is 30.3 Å². The van der Waals surface area contributed by atoms with Gasteiger partial charge in [0.15, 0.2) is 0 Å². The first-order valence-electron chi connectivity index (χ1n) is 7.12. The zero-order chi connectivity index (χ0) is 15.9. The lowest BCUT2D eigenvalue weighted by Gasteiger charge is -2.17. The molecule has 0 saturated carbocycles. The van der Waals surface area contributed by atoms with Gasteiger partial charge in [0, 0.05) is 24.3 Å². The van der Waals surface area contributed by atoms with Crippen molar-refractivity contribution in [2.45, 2.75) is 20.3 Å². The van der Waals surface area contributed by atoms with E-state index in [1.165, 1.54) is 4.90 Å². The predicted molar refractivity (Wildman–Crippen MR) is 81.1 cm³/mol. The molecule has 0 spiro atoms. The minimum Gasteiger partial charge on any atom is -0.481 e. The summed E-state index contributed by atoms with van der Waals surface area (Å²) in [6.07, 6.45) is 0.0550. The Morgan fingerprint density at radius 3 is 2.59 bits per heavy atom. The molecule has 1 N–H and O–H groups in total. The second kappa shape index (κ2) is 5.29. The van der Waals surface area contributed by atoms with Gasteiger partial charge >= 0.3 is 5.97 Å². The molecule has 22 heavy (non-hydrogen) atoms. The summed E-state index contributed by atoms with van der Waals surface area (Å²) in [4.78, 5) is 24.7. The van der Waals surface area contributed by atoms with Gasteiger partial charge in [-0.1, -0.05) is 6.07 Å². The number of hydrogen-bond donors (Lipinski definition) is 1. The summed E-state index contributed by atoms with van der Waals surface area (Å²) in [5.41, 5.74) is 3.49. The van der Waals surface area contributed by atoms with E-state index in [-0.39, 0.29) is 18.9 Å². The molecular formula is C16H17N3O3. The number of carboxylic acid groups (broad SMARTS) is 1. The standard InChI is InChI=1S/C16H17N3O3/c1-10-6-11(2)19(17-10)14-5-3-4-13(8-14)18-9-12(16(21)22)7-15(18)20/h3-6,8,12H,7,9H2,1-2H3,(H,21,22). The van der Waals surface area contributed by atoms with Crippen molar-refractivity contribution in [3.63, 3.8) is 0 Å². The Hall–Kier alpha value is -2.63. The highest BCUT2D eigenvalue weighted by molar-refractivity contribution is 5.99. The number of rotatable bonds is 3. The van der Waals surface area contributed by atoms with E-state index in [0.29, 0.717) is 5.69 Å². The zero-order valence-corrected chi connectivity index (χ0v) is 12.5. The molecule has 1 fully saturated rings. The minimum absolute atomic E-state index is 0.0550. The highest BCUT2D eigenvalue weighted by atomic mass is 16.4. The molecule has 0 radical (unpaired) electrons. The summed E-state index contributed by atoms with van der Waals surface area (Å²) < 4.78 is 1.81. The molecule has 1 aromatic heterocycles. The SMILES string of the molecule is Cc1cc(C)n(-c2cccc(N3CC(C(=O)O)CC3=O)c2)n1. The van der Waals surface area contributed by atoms with Crippen molar-refractivity contribution in [2.75, 3.05) is 11.4 Å². The molecule has 3 rings (SSSR count). The molecule has 1 atom stereocenters. The molecular weight excluding hydrogens is 282 g/mol. The van der Waals surface area contributed by atoms with E-state index in [0.717, 1.165) is 17.1 Å². The normalized spacial score (nSPS) is 18.0. The number of carboxylic acids is 1. The molecule has 2 heterocycles. The lowest BCUT2D eigenvalue weighted by molar-refractivity contribution is -0.141. The number of benzene rings is 1. The Bertz CT molecular complexity index is 751. The fourth-order valence-corrected chi connectivity index (χ4v) is 2.81. The van der Waals surface area contributed by atoms with Crippen molar-refractivity contribution >= 4 is 17.6 Å². The third-order valence-corrected chi connectivity index (χ3v) is 3.87. The molecule has 1 amide bonds. The van der Waals surface area contributed by atoms with Crippen LogP contribution in [0.2, 0.25) is 0 Å². The van der Waals surface area contributed by atoms with Crippen LogP contribution in [0, 0.1) is 19.8 Å². The van der Waals surface area contributed by atoms with Crippen molar-refractivity contribution in [1.82, 2.24) is 9.78 Å². The molecule has 1 saturated heterocycles. The van der Waals surface area contributed by atoms with Gasteiger partial charge in [-0.3, -0.25) is 9.59 Å². The molecule has 0 aliphatic carbocycles. The lowest BCUT2D eigenvalue weighted by atomic mass is 10.1. The number of carbonyl (C=O) groups excluding carboxylic acids is 1. The van der Waals surface area contributed by atoms with Gasteiger partial charge in [-0.25, -0.2) is 4.68 Å². The fourth-order valence-electron chi connectivity index (χ4n) is 2.81. The summed E-state index contributed by atoms with van der Waals surface area (Å²) in [5.74, 6) is -1.71. The highest BCUT2D eigenvalue weighted by Gasteiger charge is 2.35. The molecule has 1 unspecified atom stereocenters. The van der Waals surface area contributed by atoms with E-state index in [1.54, 1.807) is 0 Å². The van der Waals surface area contributed by atoms with Crippen molar-refractivity contribution in [3.8, 4) is 5.69 Å². The van der Waals surface area contributed by atoms with E-state index >= 15 is 0 Å². The number of aryl methyl sites for hydroxylation is 2. The number of anilines is 1. The van der Waals surface area contributed by atoms with Crippen LogP contribution in [0.4, 0.5) is 5.69 Å². The maximum Gasteiger partial charge on any atom is 0.308 e. The van der Waals surface area contributed by atoms with Crippen molar-refractivity contribution < 1.29 is 14.7 Å². The average Bonchev–Trinajstić information content (AvgIpc) is 3.02. The summed E-state index contributed by atoms with van der Waals surface area (Å²) in [5, 5.41) is 13.5. The van der Waals surface area contributed by atoms with Crippen LogP contribution < -0.4 is 4.90 Å². The largest absolute Gasteiger partial charge is 0.481 e. The van der Waals surface area contributed by atoms with E-state index in [4.69, 9.17) is 5.11 Å². The van der Waals surface area contributed by atoms with Crippen molar-refractivity contribution in [3.05, 3.63) is 41.7 Å². The number of aromatic nitrogens is 2. The van der Waals surface area contributed by atoms with Crippen LogP contribution in [-0.4, -0.2) is 33.3 Å². The Labute approximate surface area is 128 Å². The molecule has 2 aromatic rings. The number of aliphatic carboxylic acids is 1. The molecule has 1 aromatic carbocycles. The maximum atomic E-state index is 12.0. The molecule has 1 aliphatic heterocycles. The van der Waals surface area contributed by atoms with Gasteiger partial charge in [0.1, 0.15) is 0 Å². The Balaban J connectivity index is 1.93. The molecule has 6 nitrogen and oxygen atoms in total. The third kappa shape index (κ3) is 2.47. The number of amides is 1. The Morgan fingerprint density at radius 1 is 1.27 bits per heavy atom. The average molecular weight is 299 g/mol. The van der Waals surface area contributed by atoms with Crippen LogP contribution in [0.3, 0.4) is 0 Å². The van der Waals surface area contributed by atoms with Crippen LogP contribution in [0.25, 0.3) is 5.69 Å². The van der Waals surface area contributed by atoms with E-state index in [9.17, 15) is 9.59 Å². The molecule has 1 aliphatic rings. The van der Waals surface area contributed by atoms with E-state index < -0.39 is 11.9 Å². The zero-order valence-electron chi connectivity index (χ0n) is 12.5. The van der Waals surface area contributed by atoms with Gasteiger partial charge in [-0.05, 0) is 38.1 Å². The predicted octanol–water partition coefficient (Wildman–Crippen LogP) is 1.93. The van der Waals surface area contributed by atoms with Crippen molar-refractivity contribution in [2.24, 2.45) is 5.92 Å². The van der Waals surface area contributed by atoms with Crippen LogP contribution >= 0.6 is 0 Å². The second-order valence-electron chi connectivity index (χ2n) is 5.60. The fraction of sp³-hybridized carbons (Fsp3) is 0.312. The van der Waals surface area contributed by atoms with Crippen LogP contribution in [-0.2, 0) is 9.59 Å². The van der Waals surface area contributed by atoms with Crippen molar-refractivity contribution in [1.29, 1.82) is 0 Å². The minimum atomic E-state index is -0.925. The molecule has 114 valence electrons. The number of carbonyl (C=O) groups is 2. The molecule has 6 heteroatoms. The lowest BCUT2D eigenvalue weighted by Crippen LogP contribution is -2.25. The van der Waals surface area contributed by atoms with E-state index in [2.05, 4.69) is 5.10 Å². The first kappa shape index (κ1) is 14.3. The summed E-state index contributed by atoms with van der Waals surface area (Å²) in [6, 6.07) is 9.42. The Morgan fingerprint density at radius 2 is 2.00 bits per heavy atom. The topological polar surface area (TPSA) is 75.4 Å². The second-order valence-corrected chi connectivity index (χ2v) is 5.60.